The molecule has 0 spiro atoms. The molecule has 1 saturated carbocycles. The molecule has 2 aromatic carbocycles. The Labute approximate surface area is 119 Å². The molecular formula is C19H17N. The van der Waals surface area contributed by atoms with Crippen molar-refractivity contribution < 1.29 is 0 Å². The third kappa shape index (κ3) is 2.20. The molecule has 1 fully saturated rings. The Balaban J connectivity index is 1.65. The van der Waals surface area contributed by atoms with Gasteiger partial charge in [-0.1, -0.05) is 54.6 Å². The van der Waals surface area contributed by atoms with Gasteiger partial charge in [-0.2, -0.15) is 0 Å². The van der Waals surface area contributed by atoms with Crippen LogP contribution in [-0.4, -0.2) is 6.21 Å². The molecule has 1 heterocycles. The quantitative estimate of drug-likeness (QED) is 0.749. The molecule has 20 heavy (non-hydrogen) atoms. The van der Waals surface area contributed by atoms with Gasteiger partial charge in [-0.05, 0) is 47.1 Å². The molecule has 1 nitrogen and oxygen atoms in total. The second kappa shape index (κ2) is 4.75. The third-order valence-corrected chi connectivity index (χ3v) is 4.12. The normalized spacial score (nSPS) is 21.0. The maximum atomic E-state index is 4.67. The molecule has 2 aromatic rings. The van der Waals surface area contributed by atoms with Crippen LogP contribution in [-0.2, 0) is 0 Å². The first kappa shape index (κ1) is 11.7. The van der Waals surface area contributed by atoms with E-state index in [1.54, 1.807) is 0 Å². The van der Waals surface area contributed by atoms with Gasteiger partial charge in [0, 0.05) is 6.21 Å². The lowest BCUT2D eigenvalue weighted by Gasteiger charge is -2.08. The van der Waals surface area contributed by atoms with Crippen molar-refractivity contribution in [1.82, 2.24) is 0 Å². The Hall–Kier alpha value is -2.15. The fraction of sp³-hybridized carbons (Fsp3) is 0.211. The summed E-state index contributed by atoms with van der Waals surface area (Å²) in [4.78, 5) is 4.67. The van der Waals surface area contributed by atoms with Crippen LogP contribution in [0.3, 0.4) is 0 Å². The summed E-state index contributed by atoms with van der Waals surface area (Å²) in [6.07, 6.45) is 7.10. The molecule has 0 N–H and O–H groups in total. The van der Waals surface area contributed by atoms with Crippen molar-refractivity contribution in [3.05, 3.63) is 71.8 Å². The number of hydrogen-bond donors (Lipinski definition) is 0. The fourth-order valence-corrected chi connectivity index (χ4v) is 2.81. The predicted octanol–water partition coefficient (Wildman–Crippen LogP) is 4.82. The molecule has 0 amide bonds. The van der Waals surface area contributed by atoms with Crippen LogP contribution in [0, 0.1) is 5.92 Å². The lowest BCUT2D eigenvalue weighted by atomic mass is 9.99. The molecule has 0 bridgehead atoms. The molecular weight excluding hydrogens is 242 g/mol. The highest BCUT2D eigenvalue weighted by atomic mass is 14.8. The number of benzene rings is 2. The summed E-state index contributed by atoms with van der Waals surface area (Å²) in [7, 11) is 0. The number of allylic oxidation sites excluding steroid dienone is 1. The van der Waals surface area contributed by atoms with E-state index in [0.29, 0.717) is 0 Å². The summed E-state index contributed by atoms with van der Waals surface area (Å²) in [5, 5.41) is 0. The Morgan fingerprint density at radius 1 is 0.850 bits per heavy atom. The molecule has 0 aromatic heterocycles. The van der Waals surface area contributed by atoms with E-state index in [0.717, 1.165) is 5.92 Å². The van der Waals surface area contributed by atoms with Crippen LogP contribution in [0.15, 0.2) is 71.2 Å². The number of hydrogen-bond acceptors (Lipinski definition) is 1. The first-order valence-electron chi connectivity index (χ1n) is 7.30. The lowest BCUT2D eigenvalue weighted by molar-refractivity contribution is 0.927. The first-order chi connectivity index (χ1) is 9.90. The average Bonchev–Trinajstić information content (AvgIpc) is 3.26. The van der Waals surface area contributed by atoms with Gasteiger partial charge in [0.15, 0.2) is 0 Å². The van der Waals surface area contributed by atoms with E-state index in [9.17, 15) is 0 Å². The second-order valence-corrected chi connectivity index (χ2v) is 5.66. The van der Waals surface area contributed by atoms with Crippen molar-refractivity contribution in [2.45, 2.75) is 18.9 Å². The molecule has 1 unspecified atom stereocenters. The minimum absolute atomic E-state index is 0.217. The van der Waals surface area contributed by atoms with Crippen molar-refractivity contribution in [2.75, 3.05) is 0 Å². The molecule has 1 heteroatoms. The predicted molar refractivity (Wildman–Crippen MR) is 83.9 cm³/mol. The maximum Gasteiger partial charge on any atom is 0.0936 e. The van der Waals surface area contributed by atoms with Gasteiger partial charge in [0.1, 0.15) is 0 Å². The van der Waals surface area contributed by atoms with Gasteiger partial charge in [-0.15, -0.1) is 0 Å². The van der Waals surface area contributed by atoms with E-state index in [4.69, 9.17) is 0 Å². The average molecular weight is 259 g/mol. The molecule has 1 atom stereocenters. The largest absolute Gasteiger partial charge is 0.281 e. The van der Waals surface area contributed by atoms with E-state index in [2.05, 4.69) is 71.9 Å². The van der Waals surface area contributed by atoms with Crippen molar-refractivity contribution in [2.24, 2.45) is 10.9 Å². The zero-order chi connectivity index (χ0) is 13.4. The zero-order valence-corrected chi connectivity index (χ0v) is 11.4. The zero-order valence-electron chi connectivity index (χ0n) is 11.4. The Kier molecular flexibility index (Phi) is 2.77. The first-order valence-corrected chi connectivity index (χ1v) is 7.30. The molecule has 1 aliphatic carbocycles. The van der Waals surface area contributed by atoms with Gasteiger partial charge in [0.2, 0.25) is 0 Å². The highest BCUT2D eigenvalue weighted by molar-refractivity contribution is 5.83. The van der Waals surface area contributed by atoms with E-state index in [1.165, 1.54) is 35.1 Å². The highest BCUT2D eigenvalue weighted by Crippen LogP contribution is 2.40. The van der Waals surface area contributed by atoms with E-state index in [-0.39, 0.29) is 6.04 Å². The van der Waals surface area contributed by atoms with E-state index >= 15 is 0 Å². The Morgan fingerprint density at radius 2 is 1.65 bits per heavy atom. The van der Waals surface area contributed by atoms with E-state index in [1.807, 2.05) is 0 Å². The summed E-state index contributed by atoms with van der Waals surface area (Å²) in [5.41, 5.74) is 5.27. The fourth-order valence-electron chi connectivity index (χ4n) is 2.81. The smallest absolute Gasteiger partial charge is 0.0936 e. The second-order valence-electron chi connectivity index (χ2n) is 5.66. The minimum atomic E-state index is 0.217. The van der Waals surface area contributed by atoms with Crippen molar-refractivity contribution in [1.29, 1.82) is 0 Å². The van der Waals surface area contributed by atoms with Crippen LogP contribution >= 0.6 is 0 Å². The lowest BCUT2D eigenvalue weighted by Crippen LogP contribution is -1.90. The summed E-state index contributed by atoms with van der Waals surface area (Å²) in [6, 6.07) is 19.5. The minimum Gasteiger partial charge on any atom is -0.281 e. The van der Waals surface area contributed by atoms with Gasteiger partial charge >= 0.3 is 0 Å². The number of nitrogens with zero attached hydrogens (tertiary/aromatic N) is 1. The monoisotopic (exact) mass is 259 g/mol. The molecule has 4 rings (SSSR count). The molecule has 2 aliphatic rings. The van der Waals surface area contributed by atoms with Gasteiger partial charge in [-0.3, -0.25) is 4.99 Å². The van der Waals surface area contributed by atoms with Gasteiger partial charge < -0.3 is 0 Å². The topological polar surface area (TPSA) is 12.4 Å². The van der Waals surface area contributed by atoms with Crippen LogP contribution < -0.4 is 0 Å². The van der Waals surface area contributed by atoms with Crippen molar-refractivity contribution in [3.63, 3.8) is 0 Å². The van der Waals surface area contributed by atoms with Crippen LogP contribution in [0.5, 0.6) is 0 Å². The van der Waals surface area contributed by atoms with Crippen LogP contribution in [0.2, 0.25) is 0 Å². The van der Waals surface area contributed by atoms with Crippen LogP contribution in [0.1, 0.15) is 24.4 Å². The van der Waals surface area contributed by atoms with Gasteiger partial charge in [0.05, 0.1) is 6.04 Å². The third-order valence-electron chi connectivity index (χ3n) is 4.12. The van der Waals surface area contributed by atoms with Crippen LogP contribution in [0.4, 0.5) is 0 Å². The van der Waals surface area contributed by atoms with Gasteiger partial charge in [-0.25, -0.2) is 0 Å². The van der Waals surface area contributed by atoms with Gasteiger partial charge in [0.25, 0.3) is 0 Å². The standard InChI is InChI=1S/C19H17N/c1-2-5-14(6-3-1)16-7-4-8-17(11-16)19-12-18(13-20-19)15-9-10-15/h1-8,11-13,15,19H,9-10H2. The van der Waals surface area contributed by atoms with Crippen molar-refractivity contribution in [3.8, 4) is 11.1 Å². The number of rotatable bonds is 3. The van der Waals surface area contributed by atoms with Crippen molar-refractivity contribution >= 4 is 6.21 Å². The summed E-state index contributed by atoms with van der Waals surface area (Å²) in [5.74, 6) is 0.793. The molecule has 1 aliphatic heterocycles. The van der Waals surface area contributed by atoms with Crippen LogP contribution in [0.25, 0.3) is 11.1 Å². The summed E-state index contributed by atoms with van der Waals surface area (Å²) in [6.45, 7) is 0. The Bertz CT molecular complexity index is 678. The maximum absolute atomic E-state index is 4.67. The van der Waals surface area contributed by atoms with E-state index < -0.39 is 0 Å². The SMILES string of the molecule is C1=NC(c2cccc(-c3ccccc3)c2)C=C1C1CC1. The number of aliphatic imine (C=N–C) groups is 1. The highest BCUT2D eigenvalue weighted by Gasteiger charge is 2.28. The summed E-state index contributed by atoms with van der Waals surface area (Å²) >= 11 is 0. The Morgan fingerprint density at radius 3 is 2.45 bits per heavy atom. The molecule has 0 radical (unpaired) electrons. The molecule has 0 saturated heterocycles. The molecule has 98 valence electrons. The summed E-state index contributed by atoms with van der Waals surface area (Å²) < 4.78 is 0.